The molecular formula is C27H29N3O5. The van der Waals surface area contributed by atoms with Crippen LogP contribution in [-0.4, -0.2) is 35.2 Å². The average molecular weight is 476 g/mol. The van der Waals surface area contributed by atoms with Crippen LogP contribution in [0.1, 0.15) is 48.5 Å². The molecule has 4 rings (SSSR count). The normalized spacial score (nSPS) is 13.3. The van der Waals surface area contributed by atoms with Crippen molar-refractivity contribution in [3.63, 3.8) is 0 Å². The van der Waals surface area contributed by atoms with E-state index >= 15 is 0 Å². The third-order valence-electron chi connectivity index (χ3n) is 5.97. The number of pyridine rings is 1. The number of benzene rings is 2. The molecule has 1 aliphatic rings. The first kappa shape index (κ1) is 24.1. The lowest BCUT2D eigenvalue weighted by Crippen LogP contribution is -2.19. The highest BCUT2D eigenvalue weighted by Crippen LogP contribution is 2.38. The molecule has 1 aliphatic carbocycles. The van der Waals surface area contributed by atoms with Crippen LogP contribution in [-0.2, 0) is 11.3 Å². The van der Waals surface area contributed by atoms with E-state index in [4.69, 9.17) is 9.47 Å². The summed E-state index contributed by atoms with van der Waals surface area (Å²) in [6, 6.07) is 14.5. The highest BCUT2D eigenvalue weighted by atomic mass is 16.5. The summed E-state index contributed by atoms with van der Waals surface area (Å²) >= 11 is 0. The van der Waals surface area contributed by atoms with Crippen molar-refractivity contribution in [2.45, 2.75) is 45.3 Å². The van der Waals surface area contributed by atoms with Crippen molar-refractivity contribution in [1.29, 1.82) is 0 Å². The van der Waals surface area contributed by atoms with Crippen LogP contribution in [0.4, 0.5) is 17.1 Å². The minimum Gasteiger partial charge on any atom is -0.493 e. The largest absolute Gasteiger partial charge is 0.493 e. The first-order valence-corrected chi connectivity index (χ1v) is 11.6. The summed E-state index contributed by atoms with van der Waals surface area (Å²) in [6.07, 6.45) is 7.96. The molecule has 0 radical (unpaired) electrons. The number of nitrogens with one attached hydrogen (secondary N) is 1. The van der Waals surface area contributed by atoms with Crippen molar-refractivity contribution in [2.75, 3.05) is 17.3 Å². The number of carboxylic acid groups (broad SMARTS) is 1. The molecule has 1 fully saturated rings. The van der Waals surface area contributed by atoms with Gasteiger partial charge in [-0.15, -0.1) is 0 Å². The van der Waals surface area contributed by atoms with Gasteiger partial charge in [0.25, 0.3) is 0 Å². The van der Waals surface area contributed by atoms with Gasteiger partial charge in [0, 0.05) is 43.3 Å². The summed E-state index contributed by atoms with van der Waals surface area (Å²) in [5.41, 5.74) is 2.66. The second-order valence-electron chi connectivity index (χ2n) is 8.52. The Morgan fingerprint density at radius 2 is 1.83 bits per heavy atom. The fourth-order valence-corrected chi connectivity index (χ4v) is 4.29. The lowest BCUT2D eigenvalue weighted by Gasteiger charge is -2.27. The summed E-state index contributed by atoms with van der Waals surface area (Å²) in [5, 5.41) is 12.4. The molecule has 8 nitrogen and oxygen atoms in total. The Morgan fingerprint density at radius 3 is 2.49 bits per heavy atom. The number of hydrogen-bond acceptors (Lipinski definition) is 6. The lowest BCUT2D eigenvalue weighted by molar-refractivity contribution is -0.114. The quantitative estimate of drug-likeness (QED) is 0.427. The second kappa shape index (κ2) is 10.9. The zero-order valence-corrected chi connectivity index (χ0v) is 19.9. The minimum atomic E-state index is -1.13. The molecule has 2 N–H and O–H groups in total. The molecule has 1 amide bonds. The van der Waals surface area contributed by atoms with Crippen LogP contribution in [0.25, 0.3) is 0 Å². The molecule has 1 aromatic heterocycles. The van der Waals surface area contributed by atoms with Gasteiger partial charge in [-0.1, -0.05) is 6.07 Å². The monoisotopic (exact) mass is 475 g/mol. The third kappa shape index (κ3) is 5.90. The lowest BCUT2D eigenvalue weighted by atomic mass is 10.1. The number of anilines is 3. The van der Waals surface area contributed by atoms with Gasteiger partial charge in [-0.05, 0) is 67.6 Å². The SMILES string of the molecule is COc1ccc(N(Cc2cccnc2)c2ccc(NC(C)=O)c(C(=O)O)c2)cc1OC1CCCC1. The fraction of sp³-hybridized carbons (Fsp3) is 0.296. The number of nitrogens with zero attached hydrogens (tertiary/aromatic N) is 2. The Bertz CT molecular complexity index is 1190. The van der Waals surface area contributed by atoms with Gasteiger partial charge in [0.15, 0.2) is 11.5 Å². The predicted molar refractivity (Wildman–Crippen MR) is 134 cm³/mol. The van der Waals surface area contributed by atoms with Gasteiger partial charge in [0.05, 0.1) is 24.5 Å². The highest BCUT2D eigenvalue weighted by Gasteiger charge is 2.21. The standard InChI is InChI=1S/C27H29N3O5/c1-18(31)29-24-11-9-20(14-23(24)27(32)33)30(17-19-6-5-13-28-16-19)21-10-12-25(34-2)26(15-21)35-22-7-3-4-8-22/h5-6,9-16,22H,3-4,7-8,17H2,1-2H3,(H,29,31)(H,32,33). The summed E-state index contributed by atoms with van der Waals surface area (Å²) in [7, 11) is 1.61. The molecule has 0 bridgehead atoms. The average Bonchev–Trinajstić information content (AvgIpc) is 3.36. The molecule has 3 aromatic rings. The number of aromatic nitrogens is 1. The van der Waals surface area contributed by atoms with Crippen LogP contribution in [0.3, 0.4) is 0 Å². The molecule has 182 valence electrons. The molecular weight excluding hydrogens is 446 g/mol. The Balaban J connectivity index is 1.77. The molecule has 0 atom stereocenters. The number of carboxylic acids is 1. The Labute approximate surface area is 204 Å². The van der Waals surface area contributed by atoms with Crippen molar-refractivity contribution >= 4 is 28.9 Å². The van der Waals surface area contributed by atoms with E-state index in [9.17, 15) is 14.7 Å². The van der Waals surface area contributed by atoms with E-state index in [1.165, 1.54) is 6.92 Å². The molecule has 1 heterocycles. The number of hydrogen-bond donors (Lipinski definition) is 2. The maximum Gasteiger partial charge on any atom is 0.337 e. The van der Waals surface area contributed by atoms with E-state index in [1.807, 2.05) is 35.2 Å². The van der Waals surface area contributed by atoms with Gasteiger partial charge in [-0.2, -0.15) is 0 Å². The van der Waals surface area contributed by atoms with Crippen molar-refractivity contribution in [1.82, 2.24) is 4.98 Å². The summed E-state index contributed by atoms with van der Waals surface area (Å²) < 4.78 is 11.8. The molecule has 8 heteroatoms. The minimum absolute atomic E-state index is 0.00447. The van der Waals surface area contributed by atoms with Crippen LogP contribution in [0, 0.1) is 0 Å². The number of methoxy groups -OCH3 is 1. The molecule has 0 saturated heterocycles. The topological polar surface area (TPSA) is 101 Å². The van der Waals surface area contributed by atoms with Gasteiger partial charge in [-0.25, -0.2) is 4.79 Å². The van der Waals surface area contributed by atoms with E-state index in [-0.39, 0.29) is 23.3 Å². The number of rotatable bonds is 9. The van der Waals surface area contributed by atoms with Crippen molar-refractivity contribution in [3.8, 4) is 11.5 Å². The maximum atomic E-state index is 12.0. The fourth-order valence-electron chi connectivity index (χ4n) is 4.29. The number of carbonyl (C=O) groups is 2. The maximum absolute atomic E-state index is 12.0. The van der Waals surface area contributed by atoms with Gasteiger partial charge in [-0.3, -0.25) is 9.78 Å². The number of carbonyl (C=O) groups excluding carboxylic acids is 1. The van der Waals surface area contributed by atoms with Gasteiger partial charge in [0.1, 0.15) is 0 Å². The molecule has 35 heavy (non-hydrogen) atoms. The summed E-state index contributed by atoms with van der Waals surface area (Å²) in [6.45, 7) is 1.79. The van der Waals surface area contributed by atoms with Crippen molar-refractivity contribution in [3.05, 3.63) is 72.1 Å². The smallest absolute Gasteiger partial charge is 0.337 e. The summed E-state index contributed by atoms with van der Waals surface area (Å²) in [5.74, 6) is -0.163. The van der Waals surface area contributed by atoms with Crippen molar-refractivity contribution in [2.24, 2.45) is 0 Å². The van der Waals surface area contributed by atoms with E-state index in [2.05, 4.69) is 10.3 Å². The van der Waals surface area contributed by atoms with Crippen LogP contribution < -0.4 is 19.7 Å². The number of aromatic carboxylic acids is 1. The zero-order chi connectivity index (χ0) is 24.8. The first-order valence-electron chi connectivity index (χ1n) is 11.6. The molecule has 1 saturated carbocycles. The van der Waals surface area contributed by atoms with Crippen LogP contribution in [0.15, 0.2) is 60.9 Å². The first-order chi connectivity index (χ1) is 16.9. The molecule has 0 unspecified atom stereocenters. The zero-order valence-electron chi connectivity index (χ0n) is 19.9. The van der Waals surface area contributed by atoms with E-state index < -0.39 is 5.97 Å². The number of amides is 1. The van der Waals surface area contributed by atoms with E-state index in [0.717, 1.165) is 36.9 Å². The van der Waals surface area contributed by atoms with Crippen molar-refractivity contribution < 1.29 is 24.2 Å². The van der Waals surface area contributed by atoms with Crippen LogP contribution in [0.5, 0.6) is 11.5 Å². The van der Waals surface area contributed by atoms with Gasteiger partial charge < -0.3 is 24.8 Å². The summed E-state index contributed by atoms with van der Waals surface area (Å²) in [4.78, 5) is 29.8. The van der Waals surface area contributed by atoms with Crippen LogP contribution >= 0.6 is 0 Å². The molecule has 0 spiro atoms. The molecule has 0 aliphatic heterocycles. The third-order valence-corrected chi connectivity index (χ3v) is 5.97. The van der Waals surface area contributed by atoms with Gasteiger partial charge in [0.2, 0.25) is 5.91 Å². The highest BCUT2D eigenvalue weighted by molar-refractivity contribution is 6.01. The second-order valence-corrected chi connectivity index (χ2v) is 8.52. The van der Waals surface area contributed by atoms with Gasteiger partial charge >= 0.3 is 5.97 Å². The van der Waals surface area contributed by atoms with E-state index in [1.54, 1.807) is 37.7 Å². The Morgan fingerprint density at radius 1 is 1.09 bits per heavy atom. The predicted octanol–water partition coefficient (Wildman–Crippen LogP) is 5.41. The Kier molecular flexibility index (Phi) is 7.50. The van der Waals surface area contributed by atoms with E-state index in [0.29, 0.717) is 23.7 Å². The molecule has 2 aromatic carbocycles. The van der Waals surface area contributed by atoms with Crippen LogP contribution in [0.2, 0.25) is 0 Å². The Hall–Kier alpha value is -4.07. The number of ether oxygens (including phenoxy) is 2.